The van der Waals surface area contributed by atoms with Crippen LogP contribution < -0.4 is 10.6 Å². The molecule has 1 rings (SSSR count). The van der Waals surface area contributed by atoms with Gasteiger partial charge >= 0.3 is 0 Å². The van der Waals surface area contributed by atoms with E-state index in [1.165, 1.54) is 6.07 Å². The first-order chi connectivity index (χ1) is 9.77. The molecule has 5 nitrogen and oxygen atoms in total. The van der Waals surface area contributed by atoms with Gasteiger partial charge in [-0.3, -0.25) is 14.5 Å². The Bertz CT molecular complexity index is 518. The number of aryl methyl sites for hydroxylation is 1. The third kappa shape index (κ3) is 6.35. The van der Waals surface area contributed by atoms with E-state index < -0.39 is 5.82 Å². The van der Waals surface area contributed by atoms with Crippen molar-refractivity contribution in [3.05, 3.63) is 29.6 Å². The largest absolute Gasteiger partial charge is 0.353 e. The highest BCUT2D eigenvalue weighted by Gasteiger charge is 2.13. The lowest BCUT2D eigenvalue weighted by Gasteiger charge is -2.17. The number of amides is 2. The second-order valence-corrected chi connectivity index (χ2v) is 5.43. The predicted molar refractivity (Wildman–Crippen MR) is 80.5 cm³/mol. The summed E-state index contributed by atoms with van der Waals surface area (Å²) in [5.41, 5.74) is 1.01. The van der Waals surface area contributed by atoms with Crippen molar-refractivity contribution in [2.45, 2.75) is 26.8 Å². The first kappa shape index (κ1) is 17.1. The van der Waals surface area contributed by atoms with Crippen molar-refractivity contribution in [1.82, 2.24) is 10.2 Å². The van der Waals surface area contributed by atoms with Crippen LogP contribution in [0.1, 0.15) is 19.4 Å². The van der Waals surface area contributed by atoms with Crippen LogP contribution in [0.4, 0.5) is 10.1 Å². The highest BCUT2D eigenvalue weighted by Crippen LogP contribution is 2.15. The van der Waals surface area contributed by atoms with Gasteiger partial charge in [0.15, 0.2) is 0 Å². The molecule has 0 aliphatic carbocycles. The minimum atomic E-state index is -0.478. The smallest absolute Gasteiger partial charge is 0.238 e. The van der Waals surface area contributed by atoms with Gasteiger partial charge in [-0.05, 0) is 45.5 Å². The van der Waals surface area contributed by atoms with Crippen LogP contribution >= 0.6 is 0 Å². The van der Waals surface area contributed by atoms with Crippen LogP contribution in [0, 0.1) is 12.7 Å². The Kier molecular flexibility index (Phi) is 6.30. The Balaban J connectivity index is 2.49. The number of rotatable bonds is 6. The van der Waals surface area contributed by atoms with Crippen LogP contribution in [0.15, 0.2) is 18.2 Å². The number of nitrogens with one attached hydrogen (secondary N) is 2. The average Bonchev–Trinajstić information content (AvgIpc) is 2.32. The molecule has 0 unspecified atom stereocenters. The third-order valence-electron chi connectivity index (χ3n) is 2.67. The molecule has 0 aliphatic rings. The summed E-state index contributed by atoms with van der Waals surface area (Å²) in [5.74, 6) is -0.990. The first-order valence-corrected chi connectivity index (χ1v) is 6.82. The monoisotopic (exact) mass is 295 g/mol. The molecule has 0 bridgehead atoms. The molecule has 116 valence electrons. The Morgan fingerprint density at radius 1 is 1.24 bits per heavy atom. The summed E-state index contributed by atoms with van der Waals surface area (Å²) in [6.07, 6.45) is 0. The molecule has 0 radical (unpaired) electrons. The summed E-state index contributed by atoms with van der Waals surface area (Å²) in [6, 6.07) is 4.57. The predicted octanol–water partition coefficient (Wildman–Crippen LogP) is 1.53. The van der Waals surface area contributed by atoms with Gasteiger partial charge in [-0.25, -0.2) is 4.39 Å². The fraction of sp³-hybridized carbons (Fsp3) is 0.467. The molecular weight excluding hydrogens is 273 g/mol. The average molecular weight is 295 g/mol. The zero-order chi connectivity index (χ0) is 16.0. The van der Waals surface area contributed by atoms with Crippen LogP contribution in [0.2, 0.25) is 0 Å². The molecule has 1 aromatic carbocycles. The zero-order valence-electron chi connectivity index (χ0n) is 12.9. The van der Waals surface area contributed by atoms with Crippen molar-refractivity contribution in [2.24, 2.45) is 0 Å². The first-order valence-electron chi connectivity index (χ1n) is 6.82. The molecule has 0 atom stereocenters. The number of likely N-dealkylation sites (N-methyl/N-ethyl adjacent to an activating group) is 1. The topological polar surface area (TPSA) is 61.4 Å². The molecule has 0 heterocycles. The lowest BCUT2D eigenvalue weighted by atomic mass is 10.2. The zero-order valence-corrected chi connectivity index (χ0v) is 12.9. The van der Waals surface area contributed by atoms with E-state index in [0.717, 1.165) is 5.56 Å². The molecule has 0 aliphatic heterocycles. The second kappa shape index (κ2) is 7.73. The van der Waals surface area contributed by atoms with Crippen LogP contribution in [-0.2, 0) is 9.59 Å². The van der Waals surface area contributed by atoms with Crippen LogP contribution in [0.5, 0.6) is 0 Å². The molecule has 2 N–H and O–H groups in total. The molecule has 2 amide bonds. The van der Waals surface area contributed by atoms with Crippen molar-refractivity contribution in [3.63, 3.8) is 0 Å². The lowest BCUT2D eigenvalue weighted by Crippen LogP contribution is -2.41. The summed E-state index contributed by atoms with van der Waals surface area (Å²) in [6.45, 7) is 5.68. The number of nitrogens with zero attached hydrogens (tertiary/aromatic N) is 1. The van der Waals surface area contributed by atoms with Crippen molar-refractivity contribution in [3.8, 4) is 0 Å². The Morgan fingerprint density at radius 3 is 2.48 bits per heavy atom. The van der Waals surface area contributed by atoms with E-state index in [4.69, 9.17) is 0 Å². The van der Waals surface area contributed by atoms with Crippen LogP contribution in [0.3, 0.4) is 0 Å². The number of halogens is 1. The molecule has 0 saturated carbocycles. The second-order valence-electron chi connectivity index (χ2n) is 5.43. The molecule has 6 heteroatoms. The number of hydrogen-bond donors (Lipinski definition) is 2. The van der Waals surface area contributed by atoms with E-state index >= 15 is 0 Å². The van der Waals surface area contributed by atoms with Gasteiger partial charge in [0.25, 0.3) is 0 Å². The molecule has 0 aromatic heterocycles. The number of carbonyl (C=O) groups is 2. The summed E-state index contributed by atoms with van der Waals surface area (Å²) in [7, 11) is 1.66. The van der Waals surface area contributed by atoms with Gasteiger partial charge in [-0.15, -0.1) is 0 Å². The molecule has 1 aromatic rings. The van der Waals surface area contributed by atoms with Gasteiger partial charge in [0.2, 0.25) is 11.8 Å². The molecule has 0 fully saturated rings. The minimum absolute atomic E-state index is 0.0128. The lowest BCUT2D eigenvalue weighted by molar-refractivity contribution is -0.123. The normalized spacial score (nSPS) is 10.8. The van der Waals surface area contributed by atoms with Crippen molar-refractivity contribution in [2.75, 3.05) is 25.5 Å². The Labute approximate surface area is 124 Å². The summed E-state index contributed by atoms with van der Waals surface area (Å²) < 4.78 is 13.5. The van der Waals surface area contributed by atoms with Gasteiger partial charge in [0, 0.05) is 6.04 Å². The van der Waals surface area contributed by atoms with Gasteiger partial charge in [-0.2, -0.15) is 0 Å². The summed E-state index contributed by atoms with van der Waals surface area (Å²) in [4.78, 5) is 25.0. The fourth-order valence-corrected chi connectivity index (χ4v) is 1.84. The molecule has 0 spiro atoms. The van der Waals surface area contributed by atoms with E-state index in [1.807, 2.05) is 20.8 Å². The maximum absolute atomic E-state index is 13.5. The van der Waals surface area contributed by atoms with Crippen LogP contribution in [0.25, 0.3) is 0 Å². The number of benzene rings is 1. The van der Waals surface area contributed by atoms with E-state index in [2.05, 4.69) is 10.6 Å². The SMILES string of the molecule is Cc1ccc(F)c(NC(=O)CN(C)CC(=O)NC(C)C)c1. The highest BCUT2D eigenvalue weighted by atomic mass is 19.1. The summed E-state index contributed by atoms with van der Waals surface area (Å²) >= 11 is 0. The third-order valence-corrected chi connectivity index (χ3v) is 2.67. The fourth-order valence-electron chi connectivity index (χ4n) is 1.84. The van der Waals surface area contributed by atoms with E-state index in [9.17, 15) is 14.0 Å². The Morgan fingerprint density at radius 2 is 1.86 bits per heavy atom. The van der Waals surface area contributed by atoms with Gasteiger partial charge in [-0.1, -0.05) is 6.07 Å². The van der Waals surface area contributed by atoms with Crippen molar-refractivity contribution >= 4 is 17.5 Å². The molecule has 0 saturated heterocycles. The standard InChI is InChI=1S/C15H22FN3O2/c1-10(2)17-14(20)8-19(4)9-15(21)18-13-7-11(3)5-6-12(13)16/h5-7,10H,8-9H2,1-4H3,(H,17,20)(H,18,21). The number of carbonyl (C=O) groups excluding carboxylic acids is 2. The maximum Gasteiger partial charge on any atom is 0.238 e. The highest BCUT2D eigenvalue weighted by molar-refractivity contribution is 5.92. The van der Waals surface area contributed by atoms with Gasteiger partial charge < -0.3 is 10.6 Å². The Hall–Kier alpha value is -1.95. The van der Waals surface area contributed by atoms with E-state index in [-0.39, 0.29) is 36.6 Å². The minimum Gasteiger partial charge on any atom is -0.353 e. The van der Waals surface area contributed by atoms with Crippen molar-refractivity contribution < 1.29 is 14.0 Å². The van der Waals surface area contributed by atoms with Gasteiger partial charge in [0.1, 0.15) is 5.82 Å². The molecule has 21 heavy (non-hydrogen) atoms. The van der Waals surface area contributed by atoms with E-state index in [0.29, 0.717) is 0 Å². The van der Waals surface area contributed by atoms with Crippen molar-refractivity contribution in [1.29, 1.82) is 0 Å². The number of hydrogen-bond acceptors (Lipinski definition) is 3. The maximum atomic E-state index is 13.5. The molecular formula is C15H22FN3O2. The van der Waals surface area contributed by atoms with E-state index in [1.54, 1.807) is 24.1 Å². The number of anilines is 1. The summed E-state index contributed by atoms with van der Waals surface area (Å²) in [5, 5.41) is 5.25. The quantitative estimate of drug-likeness (QED) is 0.836. The van der Waals surface area contributed by atoms with Crippen LogP contribution in [-0.4, -0.2) is 42.9 Å². The van der Waals surface area contributed by atoms with Gasteiger partial charge in [0.05, 0.1) is 18.8 Å².